The summed E-state index contributed by atoms with van der Waals surface area (Å²) in [5, 5.41) is 33.1. The van der Waals surface area contributed by atoms with E-state index in [1.807, 2.05) is 0 Å². The van der Waals surface area contributed by atoms with Gasteiger partial charge in [0.2, 0.25) is 0 Å². The minimum atomic E-state index is -1.68. The Kier molecular flexibility index (Phi) is 4.73. The maximum absolute atomic E-state index is 11.9. The summed E-state index contributed by atoms with van der Waals surface area (Å²) in [4.78, 5) is 18.5. The smallest absolute Gasteiger partial charge is 0.260 e. The predicted molar refractivity (Wildman–Crippen MR) is 102 cm³/mol. The van der Waals surface area contributed by atoms with Gasteiger partial charge in [-0.15, -0.1) is 0 Å². The zero-order valence-electron chi connectivity index (χ0n) is 14.6. The van der Waals surface area contributed by atoms with Crippen LogP contribution in [-0.4, -0.2) is 48.2 Å². The fourth-order valence-corrected chi connectivity index (χ4v) is 3.82. The van der Waals surface area contributed by atoms with Gasteiger partial charge < -0.3 is 29.6 Å². The molecule has 0 saturated carbocycles. The van der Waals surface area contributed by atoms with Gasteiger partial charge in [0.05, 0.1) is 21.8 Å². The zero-order chi connectivity index (χ0) is 20.2. The van der Waals surface area contributed by atoms with Gasteiger partial charge in [-0.2, -0.15) is 0 Å². The van der Waals surface area contributed by atoms with Gasteiger partial charge in [0.15, 0.2) is 6.23 Å². The van der Waals surface area contributed by atoms with Crippen LogP contribution in [-0.2, 0) is 10.3 Å². The van der Waals surface area contributed by atoms with E-state index in [1.165, 1.54) is 42.2 Å². The summed E-state index contributed by atoms with van der Waals surface area (Å²) >= 11 is 12.0. The average molecular weight is 426 g/mol. The molecule has 8 nitrogen and oxygen atoms in total. The van der Waals surface area contributed by atoms with Gasteiger partial charge in [0.1, 0.15) is 29.6 Å². The maximum atomic E-state index is 11.9. The number of aromatic nitrogens is 3. The van der Waals surface area contributed by atoms with Crippen molar-refractivity contribution >= 4 is 34.2 Å². The van der Waals surface area contributed by atoms with Crippen molar-refractivity contribution in [2.75, 3.05) is 0 Å². The van der Waals surface area contributed by atoms with E-state index in [4.69, 9.17) is 27.9 Å². The molecule has 28 heavy (non-hydrogen) atoms. The Morgan fingerprint density at radius 2 is 1.96 bits per heavy atom. The largest absolute Gasteiger partial charge is 0.387 e. The minimum absolute atomic E-state index is 0.240. The van der Waals surface area contributed by atoms with Crippen LogP contribution in [0.3, 0.4) is 0 Å². The van der Waals surface area contributed by atoms with Gasteiger partial charge in [0.25, 0.3) is 5.56 Å². The molecule has 3 heterocycles. The molecule has 0 aliphatic carbocycles. The molecule has 0 spiro atoms. The van der Waals surface area contributed by atoms with E-state index in [2.05, 4.69) is 9.97 Å². The lowest BCUT2D eigenvalue weighted by Crippen LogP contribution is -2.45. The number of H-pyrrole nitrogens is 1. The summed E-state index contributed by atoms with van der Waals surface area (Å²) < 4.78 is 7.30. The number of rotatable bonds is 3. The van der Waals surface area contributed by atoms with Crippen molar-refractivity contribution in [2.45, 2.75) is 37.1 Å². The molecule has 1 aromatic carbocycles. The molecule has 1 fully saturated rings. The first-order chi connectivity index (χ1) is 13.2. The Morgan fingerprint density at radius 1 is 1.21 bits per heavy atom. The van der Waals surface area contributed by atoms with Gasteiger partial charge >= 0.3 is 0 Å². The van der Waals surface area contributed by atoms with E-state index in [9.17, 15) is 20.1 Å². The number of nitrogens with one attached hydrogen (secondary N) is 1. The van der Waals surface area contributed by atoms with Crippen molar-refractivity contribution in [3.8, 4) is 0 Å². The molecule has 4 N–H and O–H groups in total. The molecule has 3 aromatic rings. The van der Waals surface area contributed by atoms with Gasteiger partial charge in [-0.3, -0.25) is 4.79 Å². The van der Waals surface area contributed by atoms with E-state index >= 15 is 0 Å². The Bertz CT molecular complexity index is 1100. The van der Waals surface area contributed by atoms with E-state index in [0.29, 0.717) is 16.0 Å². The minimum Gasteiger partial charge on any atom is -0.387 e. The molecule has 0 unspecified atom stereocenters. The van der Waals surface area contributed by atoms with Gasteiger partial charge in [-0.1, -0.05) is 29.3 Å². The third kappa shape index (κ3) is 2.93. The first-order valence-electron chi connectivity index (χ1n) is 8.45. The lowest BCUT2D eigenvalue weighted by atomic mass is 9.87. The SMILES string of the molecule is C[C@@](O)(c1ccc(Cl)c(Cl)c1)[C@H]1O[C@@H](n2ccc3c(=O)[nH]cnc32)[C@H](O)[C@@H]1O. The van der Waals surface area contributed by atoms with Gasteiger partial charge in [-0.25, -0.2) is 4.98 Å². The van der Waals surface area contributed by atoms with Crippen LogP contribution in [0.25, 0.3) is 11.0 Å². The first-order valence-corrected chi connectivity index (χ1v) is 9.21. The molecule has 148 valence electrons. The number of hydrogen-bond acceptors (Lipinski definition) is 6. The second-order valence-electron chi connectivity index (χ2n) is 6.90. The first kappa shape index (κ1) is 19.4. The Morgan fingerprint density at radius 3 is 2.68 bits per heavy atom. The number of fused-ring (bicyclic) bond motifs is 1. The fraction of sp³-hybridized carbons (Fsp3) is 0.333. The lowest BCUT2D eigenvalue weighted by molar-refractivity contribution is -0.135. The monoisotopic (exact) mass is 425 g/mol. The Balaban J connectivity index is 1.72. The highest BCUT2D eigenvalue weighted by Crippen LogP contribution is 2.41. The highest BCUT2D eigenvalue weighted by Gasteiger charge is 2.52. The molecule has 4 rings (SSSR count). The number of aliphatic hydroxyl groups is 3. The van der Waals surface area contributed by atoms with Crippen molar-refractivity contribution in [1.82, 2.24) is 14.5 Å². The molecule has 1 aliphatic rings. The molecule has 10 heteroatoms. The van der Waals surface area contributed by atoms with Crippen LogP contribution in [0.5, 0.6) is 0 Å². The number of ether oxygens (including phenoxy) is 1. The van der Waals surface area contributed by atoms with Crippen LogP contribution < -0.4 is 5.56 Å². The number of hydrogen-bond donors (Lipinski definition) is 4. The fourth-order valence-electron chi connectivity index (χ4n) is 3.52. The van der Waals surface area contributed by atoms with Crippen molar-refractivity contribution in [3.63, 3.8) is 0 Å². The molecular weight excluding hydrogens is 409 g/mol. The summed E-state index contributed by atoms with van der Waals surface area (Å²) in [6, 6.07) is 6.11. The second kappa shape index (κ2) is 6.84. The number of halogens is 2. The molecule has 1 saturated heterocycles. The third-order valence-electron chi connectivity index (χ3n) is 5.08. The van der Waals surface area contributed by atoms with Crippen LogP contribution in [0.4, 0.5) is 0 Å². The van der Waals surface area contributed by atoms with Crippen LogP contribution >= 0.6 is 23.2 Å². The molecular formula is C18H17Cl2N3O5. The molecule has 5 atom stereocenters. The van der Waals surface area contributed by atoms with Crippen LogP contribution in [0.2, 0.25) is 10.0 Å². The summed E-state index contributed by atoms with van der Waals surface area (Å²) in [6.45, 7) is 1.45. The van der Waals surface area contributed by atoms with Crippen LogP contribution in [0.1, 0.15) is 18.7 Å². The summed E-state index contributed by atoms with van der Waals surface area (Å²) in [5.74, 6) is 0. The highest BCUT2D eigenvalue weighted by molar-refractivity contribution is 6.42. The maximum Gasteiger partial charge on any atom is 0.260 e. The predicted octanol–water partition coefficient (Wildman–Crippen LogP) is 1.56. The van der Waals surface area contributed by atoms with Crippen molar-refractivity contribution in [2.24, 2.45) is 0 Å². The van der Waals surface area contributed by atoms with E-state index in [-0.39, 0.29) is 16.2 Å². The number of nitrogens with zero attached hydrogens (tertiary/aromatic N) is 2. The second-order valence-corrected chi connectivity index (χ2v) is 7.71. The average Bonchev–Trinajstić information content (AvgIpc) is 3.20. The van der Waals surface area contributed by atoms with Crippen molar-refractivity contribution in [3.05, 3.63) is 62.8 Å². The van der Waals surface area contributed by atoms with E-state index in [1.54, 1.807) is 6.07 Å². The standard InChI is InChI=1S/C18H17Cl2N3O5/c1-18(27,8-2-3-10(19)11(20)6-8)14-12(24)13(25)17(28-14)23-5-4-9-15(23)21-7-22-16(9)26/h2-7,12-14,17,24-25,27H,1H3,(H,21,22,26)/t12-,13+,14-,17+,18+/m0/s1. The topological polar surface area (TPSA) is 121 Å². The molecule has 0 radical (unpaired) electrons. The Labute approximate surface area is 168 Å². The molecule has 2 aromatic heterocycles. The number of aromatic amines is 1. The number of benzene rings is 1. The van der Waals surface area contributed by atoms with Crippen molar-refractivity contribution in [1.29, 1.82) is 0 Å². The van der Waals surface area contributed by atoms with Gasteiger partial charge in [0, 0.05) is 6.20 Å². The zero-order valence-corrected chi connectivity index (χ0v) is 16.1. The van der Waals surface area contributed by atoms with E-state index in [0.717, 1.165) is 0 Å². The third-order valence-corrected chi connectivity index (χ3v) is 5.82. The van der Waals surface area contributed by atoms with Gasteiger partial charge in [-0.05, 0) is 30.7 Å². The highest BCUT2D eigenvalue weighted by atomic mass is 35.5. The summed E-state index contributed by atoms with van der Waals surface area (Å²) in [5.41, 5.74) is -1.37. The summed E-state index contributed by atoms with van der Waals surface area (Å²) in [6.07, 6.45) is -2.23. The molecule has 1 aliphatic heterocycles. The number of aliphatic hydroxyl groups excluding tert-OH is 2. The Hall–Kier alpha value is -1.94. The van der Waals surface area contributed by atoms with Crippen molar-refractivity contribution < 1.29 is 20.1 Å². The molecule has 0 amide bonds. The summed E-state index contributed by atoms with van der Waals surface area (Å²) in [7, 11) is 0. The van der Waals surface area contributed by atoms with Crippen LogP contribution in [0, 0.1) is 0 Å². The van der Waals surface area contributed by atoms with Crippen LogP contribution in [0.15, 0.2) is 41.6 Å². The molecule has 0 bridgehead atoms. The lowest BCUT2D eigenvalue weighted by Gasteiger charge is -2.32. The quantitative estimate of drug-likeness (QED) is 0.505. The van der Waals surface area contributed by atoms with E-state index < -0.39 is 30.1 Å². The normalized spacial score (nSPS) is 27.2.